The van der Waals surface area contributed by atoms with E-state index >= 15 is 0 Å². The van der Waals surface area contributed by atoms with Crippen molar-refractivity contribution in [1.82, 2.24) is 14.9 Å². The molecular weight excluding hydrogens is 297 g/mol. The fourth-order valence-corrected chi connectivity index (χ4v) is 2.52. The van der Waals surface area contributed by atoms with Gasteiger partial charge in [-0.15, -0.1) is 0 Å². The zero-order valence-electron chi connectivity index (χ0n) is 12.9. The van der Waals surface area contributed by atoms with Crippen LogP contribution in [0.25, 0.3) is 0 Å². The lowest BCUT2D eigenvalue weighted by atomic mass is 10.3. The van der Waals surface area contributed by atoms with Crippen LogP contribution in [0.3, 0.4) is 0 Å². The first-order chi connectivity index (χ1) is 11.1. The van der Waals surface area contributed by atoms with Crippen molar-refractivity contribution in [3.8, 4) is 0 Å². The number of hydrogen-bond acceptors (Lipinski definition) is 5. The normalized spacial score (nSPS) is 14.7. The number of carbonyl (C=O) groups is 1. The predicted octanol–water partition coefficient (Wildman–Crippen LogP) is 1.95. The SMILES string of the molecule is Cc1cc(N2CCN(C=O)CC2)nc(Nc2cccc(F)c2)n1. The molecule has 2 heterocycles. The highest BCUT2D eigenvalue weighted by Crippen LogP contribution is 2.19. The fraction of sp³-hybridized carbons (Fsp3) is 0.312. The van der Waals surface area contributed by atoms with E-state index in [1.54, 1.807) is 17.0 Å². The van der Waals surface area contributed by atoms with Crippen LogP contribution in [-0.2, 0) is 4.79 Å². The van der Waals surface area contributed by atoms with Crippen molar-refractivity contribution < 1.29 is 9.18 Å². The van der Waals surface area contributed by atoms with Gasteiger partial charge >= 0.3 is 0 Å². The number of halogens is 1. The average Bonchev–Trinajstić information content (AvgIpc) is 2.54. The van der Waals surface area contributed by atoms with Crippen LogP contribution in [-0.4, -0.2) is 47.5 Å². The molecule has 0 bridgehead atoms. The first-order valence-electron chi connectivity index (χ1n) is 7.46. The molecule has 1 saturated heterocycles. The molecule has 0 radical (unpaired) electrons. The molecule has 2 aromatic rings. The second-order valence-corrected chi connectivity index (χ2v) is 5.45. The molecule has 7 heteroatoms. The number of nitrogens with zero attached hydrogens (tertiary/aromatic N) is 4. The van der Waals surface area contributed by atoms with Gasteiger partial charge in [0.25, 0.3) is 0 Å². The van der Waals surface area contributed by atoms with Crippen LogP contribution in [0.5, 0.6) is 0 Å². The summed E-state index contributed by atoms with van der Waals surface area (Å²) in [5, 5.41) is 3.03. The Morgan fingerprint density at radius 3 is 2.65 bits per heavy atom. The maximum atomic E-state index is 13.3. The topological polar surface area (TPSA) is 61.4 Å². The van der Waals surface area contributed by atoms with E-state index in [1.165, 1.54) is 12.1 Å². The third kappa shape index (κ3) is 3.74. The zero-order valence-corrected chi connectivity index (χ0v) is 12.9. The molecular formula is C16H18FN5O. The van der Waals surface area contributed by atoms with Crippen molar-refractivity contribution in [2.75, 3.05) is 36.4 Å². The second-order valence-electron chi connectivity index (χ2n) is 5.45. The van der Waals surface area contributed by atoms with Gasteiger partial charge in [0, 0.05) is 43.6 Å². The standard InChI is InChI=1S/C16H18FN5O/c1-12-9-15(22-7-5-21(11-23)6-8-22)20-16(18-12)19-14-4-2-3-13(17)10-14/h2-4,9-11H,5-8H2,1H3,(H,18,19,20). The monoisotopic (exact) mass is 315 g/mol. The van der Waals surface area contributed by atoms with Gasteiger partial charge in [-0.2, -0.15) is 4.98 Å². The van der Waals surface area contributed by atoms with E-state index in [0.717, 1.165) is 31.0 Å². The van der Waals surface area contributed by atoms with Gasteiger partial charge in [0.1, 0.15) is 11.6 Å². The van der Waals surface area contributed by atoms with Crippen molar-refractivity contribution in [3.63, 3.8) is 0 Å². The molecule has 1 amide bonds. The Labute approximate surface area is 134 Å². The van der Waals surface area contributed by atoms with Crippen LogP contribution >= 0.6 is 0 Å². The number of nitrogens with one attached hydrogen (secondary N) is 1. The van der Waals surface area contributed by atoms with Gasteiger partial charge < -0.3 is 15.1 Å². The third-order valence-electron chi connectivity index (χ3n) is 3.71. The van der Waals surface area contributed by atoms with Crippen molar-refractivity contribution >= 4 is 23.9 Å². The van der Waals surface area contributed by atoms with Crippen LogP contribution in [0.1, 0.15) is 5.69 Å². The fourth-order valence-electron chi connectivity index (χ4n) is 2.52. The minimum Gasteiger partial charge on any atom is -0.353 e. The Hall–Kier alpha value is -2.70. The van der Waals surface area contributed by atoms with Gasteiger partial charge in [0.05, 0.1) is 0 Å². The molecule has 0 spiro atoms. The maximum Gasteiger partial charge on any atom is 0.229 e. The Bertz CT molecular complexity index is 701. The number of carbonyl (C=O) groups excluding carboxylic acids is 1. The molecule has 1 N–H and O–H groups in total. The van der Waals surface area contributed by atoms with E-state index < -0.39 is 0 Å². The summed E-state index contributed by atoms with van der Waals surface area (Å²) in [6, 6.07) is 8.09. The highest BCUT2D eigenvalue weighted by molar-refractivity contribution is 5.56. The van der Waals surface area contributed by atoms with Crippen molar-refractivity contribution in [1.29, 1.82) is 0 Å². The van der Waals surface area contributed by atoms with Crippen molar-refractivity contribution in [2.24, 2.45) is 0 Å². The minimum absolute atomic E-state index is 0.312. The molecule has 0 unspecified atom stereocenters. The average molecular weight is 315 g/mol. The van der Waals surface area contributed by atoms with E-state index in [-0.39, 0.29) is 5.82 Å². The Morgan fingerprint density at radius 2 is 1.96 bits per heavy atom. The number of anilines is 3. The number of hydrogen-bond donors (Lipinski definition) is 1. The summed E-state index contributed by atoms with van der Waals surface area (Å²) in [4.78, 5) is 23.5. The molecule has 1 aliphatic rings. The molecule has 0 aliphatic carbocycles. The van der Waals surface area contributed by atoms with Gasteiger partial charge in [-0.05, 0) is 25.1 Å². The summed E-state index contributed by atoms with van der Waals surface area (Å²) < 4.78 is 13.3. The summed E-state index contributed by atoms with van der Waals surface area (Å²) in [6.07, 6.45) is 0.875. The lowest BCUT2D eigenvalue weighted by Gasteiger charge is -2.33. The molecule has 23 heavy (non-hydrogen) atoms. The van der Waals surface area contributed by atoms with E-state index in [2.05, 4.69) is 20.2 Å². The van der Waals surface area contributed by atoms with Crippen molar-refractivity contribution in [3.05, 3.63) is 41.8 Å². The summed E-state index contributed by atoms with van der Waals surface area (Å²) in [5.74, 6) is 0.929. The molecule has 1 aromatic carbocycles. The lowest BCUT2D eigenvalue weighted by Crippen LogP contribution is -2.46. The van der Waals surface area contributed by atoms with Crippen LogP contribution < -0.4 is 10.2 Å². The number of rotatable bonds is 4. The Balaban J connectivity index is 1.78. The Kier molecular flexibility index (Phi) is 4.36. The summed E-state index contributed by atoms with van der Waals surface area (Å²) in [7, 11) is 0. The van der Waals surface area contributed by atoms with Crippen LogP contribution in [0.4, 0.5) is 21.8 Å². The van der Waals surface area contributed by atoms with Gasteiger partial charge in [0.15, 0.2) is 0 Å². The molecule has 0 saturated carbocycles. The summed E-state index contributed by atoms with van der Waals surface area (Å²) in [5.41, 5.74) is 1.43. The molecule has 1 aliphatic heterocycles. The van der Waals surface area contributed by atoms with E-state index in [1.807, 2.05) is 13.0 Å². The van der Waals surface area contributed by atoms with E-state index in [9.17, 15) is 9.18 Å². The van der Waals surface area contributed by atoms with Crippen molar-refractivity contribution in [2.45, 2.75) is 6.92 Å². The van der Waals surface area contributed by atoms with Gasteiger partial charge in [-0.25, -0.2) is 9.37 Å². The van der Waals surface area contributed by atoms with Gasteiger partial charge in [-0.1, -0.05) is 6.07 Å². The Morgan fingerprint density at radius 1 is 1.17 bits per heavy atom. The first-order valence-corrected chi connectivity index (χ1v) is 7.46. The van der Waals surface area contributed by atoms with Crippen LogP contribution in [0, 0.1) is 12.7 Å². The summed E-state index contributed by atoms with van der Waals surface area (Å²) >= 11 is 0. The third-order valence-corrected chi connectivity index (χ3v) is 3.71. The van der Waals surface area contributed by atoms with Crippen LogP contribution in [0.2, 0.25) is 0 Å². The minimum atomic E-state index is -0.312. The second kappa shape index (κ2) is 6.60. The molecule has 1 aromatic heterocycles. The molecule has 3 rings (SSSR count). The highest BCUT2D eigenvalue weighted by atomic mass is 19.1. The molecule has 1 fully saturated rings. The maximum absolute atomic E-state index is 13.3. The van der Waals surface area contributed by atoms with Gasteiger partial charge in [-0.3, -0.25) is 4.79 Å². The predicted molar refractivity (Wildman–Crippen MR) is 86.3 cm³/mol. The molecule has 120 valence electrons. The molecule has 0 atom stereocenters. The number of amides is 1. The van der Waals surface area contributed by atoms with E-state index in [4.69, 9.17) is 0 Å². The number of benzene rings is 1. The number of piperazine rings is 1. The highest BCUT2D eigenvalue weighted by Gasteiger charge is 2.17. The van der Waals surface area contributed by atoms with Crippen LogP contribution in [0.15, 0.2) is 30.3 Å². The first kappa shape index (κ1) is 15.2. The molecule has 6 nitrogen and oxygen atoms in total. The van der Waals surface area contributed by atoms with E-state index in [0.29, 0.717) is 24.7 Å². The number of aryl methyl sites for hydroxylation is 1. The largest absolute Gasteiger partial charge is 0.353 e. The lowest BCUT2D eigenvalue weighted by molar-refractivity contribution is -0.118. The quantitative estimate of drug-likeness (QED) is 0.874. The van der Waals surface area contributed by atoms with Gasteiger partial charge in [0.2, 0.25) is 12.4 Å². The smallest absolute Gasteiger partial charge is 0.229 e. The number of aromatic nitrogens is 2. The summed E-state index contributed by atoms with van der Waals surface area (Å²) in [6.45, 7) is 4.71. The zero-order chi connectivity index (χ0) is 16.2.